The second kappa shape index (κ2) is 18.0. The molecule has 3 unspecified atom stereocenters. The number of thioether (sulfide) groups is 2. The van der Waals surface area contributed by atoms with Crippen molar-refractivity contribution in [3.8, 4) is 0 Å². The molecule has 0 aromatic rings. The quantitative estimate of drug-likeness (QED) is 0.0805. The van der Waals surface area contributed by atoms with Gasteiger partial charge in [-0.05, 0) is 33.4 Å². The average Bonchev–Trinajstić information content (AvgIpc) is 2.79. The van der Waals surface area contributed by atoms with Crippen molar-refractivity contribution in [2.75, 3.05) is 38.8 Å². The number of nitrogens with one attached hydrogen (secondary N) is 2. The third-order valence-corrected chi connectivity index (χ3v) is 8.50. The summed E-state index contributed by atoms with van der Waals surface area (Å²) in [7, 11) is -2.15. The van der Waals surface area contributed by atoms with Gasteiger partial charge in [-0.2, -0.15) is 11.8 Å². The van der Waals surface area contributed by atoms with E-state index in [1.165, 1.54) is 24.8 Å². The van der Waals surface area contributed by atoms with Gasteiger partial charge in [0.25, 0.3) is 5.91 Å². The highest BCUT2D eigenvalue weighted by Gasteiger charge is 2.32. The van der Waals surface area contributed by atoms with E-state index in [1.54, 1.807) is 32.0 Å². The van der Waals surface area contributed by atoms with E-state index >= 15 is 0 Å². The van der Waals surface area contributed by atoms with Crippen LogP contribution in [0, 0.1) is 5.41 Å². The van der Waals surface area contributed by atoms with Crippen LogP contribution in [0.5, 0.6) is 0 Å². The molecule has 0 saturated heterocycles. The van der Waals surface area contributed by atoms with Gasteiger partial charge in [-0.25, -0.2) is 9.65 Å². The van der Waals surface area contributed by atoms with Gasteiger partial charge in [0.2, 0.25) is 6.41 Å². The van der Waals surface area contributed by atoms with E-state index in [0.29, 0.717) is 19.4 Å². The number of hydrogen-bond donors (Lipinski definition) is 2. The Bertz CT molecular complexity index is 820. The first kappa shape index (κ1) is 35.6. The van der Waals surface area contributed by atoms with Gasteiger partial charge in [-0.15, -0.1) is 0 Å². The molecule has 214 valence electrons. The molecular formula is C23H42N3O8PS2. The zero-order valence-electron chi connectivity index (χ0n) is 23.0. The molecule has 11 nitrogen and oxygen atoms in total. The number of carbonyl (C=O) groups is 4. The first-order chi connectivity index (χ1) is 17.1. The van der Waals surface area contributed by atoms with E-state index in [9.17, 15) is 23.7 Å². The molecule has 0 aromatic heterocycles. The predicted molar refractivity (Wildman–Crippen MR) is 148 cm³/mol. The maximum atomic E-state index is 13.5. The smallest absolute Gasteiger partial charge is 0.406 e. The Morgan fingerprint density at radius 2 is 1.78 bits per heavy atom. The van der Waals surface area contributed by atoms with Crippen LogP contribution < -0.4 is 10.4 Å². The van der Waals surface area contributed by atoms with Gasteiger partial charge < -0.3 is 9.64 Å². The third-order valence-electron chi connectivity index (χ3n) is 4.50. The average molecular weight is 584 g/mol. The van der Waals surface area contributed by atoms with Crippen LogP contribution in [0.1, 0.15) is 48.0 Å². The van der Waals surface area contributed by atoms with Gasteiger partial charge in [0.05, 0.1) is 19.3 Å². The molecular weight excluding hydrogens is 541 g/mol. The van der Waals surface area contributed by atoms with Crippen LogP contribution in [0.4, 0.5) is 0 Å². The minimum absolute atomic E-state index is 0.0158. The summed E-state index contributed by atoms with van der Waals surface area (Å²) in [5.74, 6) is -0.840. The first-order valence-electron chi connectivity index (χ1n) is 11.8. The molecule has 2 N–H and O–H groups in total. The van der Waals surface area contributed by atoms with Crippen molar-refractivity contribution in [2.45, 2.75) is 65.4 Å². The lowest BCUT2D eigenvalue weighted by Crippen LogP contribution is -2.36. The maximum absolute atomic E-state index is 13.5. The van der Waals surface area contributed by atoms with Crippen LogP contribution in [0.25, 0.3) is 0 Å². The molecule has 0 bridgehead atoms. The van der Waals surface area contributed by atoms with E-state index in [0.717, 1.165) is 11.8 Å². The van der Waals surface area contributed by atoms with E-state index < -0.39 is 31.1 Å². The molecule has 0 saturated carbocycles. The fraction of sp³-hybridized carbons (Fsp3) is 0.739. The number of imide groups is 1. The summed E-state index contributed by atoms with van der Waals surface area (Å²) in [6, 6.07) is -0.946. The monoisotopic (exact) mass is 583 g/mol. The van der Waals surface area contributed by atoms with Crippen molar-refractivity contribution in [3.05, 3.63) is 12.3 Å². The number of rotatable bonds is 18. The van der Waals surface area contributed by atoms with Gasteiger partial charge in [-0.3, -0.25) is 33.5 Å². The summed E-state index contributed by atoms with van der Waals surface area (Å²) >= 11 is 2.59. The summed E-state index contributed by atoms with van der Waals surface area (Å²) in [5, 5.41) is 4.57. The highest BCUT2D eigenvalue weighted by Crippen LogP contribution is 2.45. The molecule has 2 amide bonds. The highest BCUT2D eigenvalue weighted by atomic mass is 32.2. The van der Waals surface area contributed by atoms with E-state index in [-0.39, 0.29) is 35.4 Å². The molecule has 0 aliphatic carbocycles. The van der Waals surface area contributed by atoms with Crippen LogP contribution in [0.3, 0.4) is 0 Å². The lowest BCUT2D eigenvalue weighted by atomic mass is 10.00. The Labute approximate surface area is 229 Å². The van der Waals surface area contributed by atoms with Crippen LogP contribution in [-0.4, -0.2) is 84.5 Å². The molecule has 0 rings (SSSR count). The molecule has 0 radical (unpaired) electrons. The molecule has 0 aliphatic heterocycles. The van der Waals surface area contributed by atoms with Crippen molar-refractivity contribution in [1.29, 1.82) is 0 Å². The summed E-state index contributed by atoms with van der Waals surface area (Å²) in [6.45, 7) is 11.0. The van der Waals surface area contributed by atoms with Gasteiger partial charge in [0.1, 0.15) is 6.04 Å². The maximum Gasteiger partial charge on any atom is 0.406 e. The third kappa shape index (κ3) is 17.0. The number of esters is 1. The molecule has 0 aliphatic rings. The largest absolute Gasteiger partial charge is 0.462 e. The van der Waals surface area contributed by atoms with Crippen molar-refractivity contribution < 1.29 is 37.5 Å². The lowest BCUT2D eigenvalue weighted by molar-refractivity contribution is -0.149. The summed E-state index contributed by atoms with van der Waals surface area (Å²) in [6.07, 6.45) is 5.27. The molecule has 3 atom stereocenters. The van der Waals surface area contributed by atoms with E-state index in [1.807, 2.05) is 32.3 Å². The van der Waals surface area contributed by atoms with Crippen LogP contribution >= 0.6 is 31.3 Å². The van der Waals surface area contributed by atoms with Crippen LogP contribution in [0.15, 0.2) is 12.3 Å². The van der Waals surface area contributed by atoms with Crippen LogP contribution in [0.2, 0.25) is 0 Å². The van der Waals surface area contributed by atoms with Gasteiger partial charge >= 0.3 is 13.7 Å². The number of carbonyl (C=O) groups excluding carboxylic acids is 4. The zero-order chi connectivity index (χ0) is 28.6. The summed E-state index contributed by atoms with van der Waals surface area (Å²) < 4.78 is 29.9. The molecule has 0 fully saturated rings. The predicted octanol–water partition coefficient (Wildman–Crippen LogP) is 3.20. The van der Waals surface area contributed by atoms with Gasteiger partial charge in [-0.1, -0.05) is 32.5 Å². The Morgan fingerprint density at radius 3 is 2.32 bits per heavy atom. The number of nitrogens with zero attached hydrogens (tertiary/aromatic N) is 1. The van der Waals surface area contributed by atoms with Crippen molar-refractivity contribution in [2.24, 2.45) is 5.41 Å². The van der Waals surface area contributed by atoms with Gasteiger partial charge in [0, 0.05) is 42.3 Å². The second-order valence-electron chi connectivity index (χ2n) is 9.42. The van der Waals surface area contributed by atoms with Crippen LogP contribution in [-0.2, 0) is 37.5 Å². The Kier molecular flexibility index (Phi) is 17.3. The molecule has 0 aromatic carbocycles. The topological polar surface area (TPSA) is 140 Å². The number of amides is 2. The van der Waals surface area contributed by atoms with Gasteiger partial charge in [0.15, 0.2) is 5.12 Å². The second-order valence-corrected chi connectivity index (χ2v) is 13.4. The van der Waals surface area contributed by atoms with Crippen molar-refractivity contribution in [3.63, 3.8) is 0 Å². The van der Waals surface area contributed by atoms with Crippen molar-refractivity contribution in [1.82, 2.24) is 15.3 Å². The van der Waals surface area contributed by atoms with E-state index in [2.05, 4.69) is 5.09 Å². The standard InChI is InChI=1S/C23H42N3O8PS2/c1-17(2)34-21(29)18(3)25-35(31,32-13-14-37-22(30)23(4,5)6)33-15-19(36-8)9-11-26(7)12-10-20(28)24-16-27/h10,12,16-19H,9,11,13-15H2,1-8H3,(H,25,31)(H,24,27,28)/b12-10-. The lowest BCUT2D eigenvalue weighted by Gasteiger charge is -2.25. The fourth-order valence-electron chi connectivity index (χ4n) is 2.42. The minimum atomic E-state index is -3.92. The summed E-state index contributed by atoms with van der Waals surface area (Å²) in [4.78, 5) is 47.8. The zero-order valence-corrected chi connectivity index (χ0v) is 25.5. The first-order valence-corrected chi connectivity index (χ1v) is 15.6. The highest BCUT2D eigenvalue weighted by molar-refractivity contribution is 8.13. The molecule has 14 heteroatoms. The Balaban J connectivity index is 5.12. The molecule has 37 heavy (non-hydrogen) atoms. The van der Waals surface area contributed by atoms with E-state index in [4.69, 9.17) is 13.8 Å². The minimum Gasteiger partial charge on any atom is -0.462 e. The fourth-order valence-corrected chi connectivity index (χ4v) is 5.48. The molecule has 0 heterocycles. The van der Waals surface area contributed by atoms with Crippen molar-refractivity contribution >= 4 is 54.7 Å². The Morgan fingerprint density at radius 1 is 1.14 bits per heavy atom. The SMILES string of the molecule is CSC(CCN(C)/C=C\C(=O)NC=O)COP(=O)(NC(C)C(=O)OC(C)C)OCCSC(=O)C(C)(C)C. The normalized spacial score (nSPS) is 15.2. The molecule has 0 spiro atoms. The number of hydrogen-bond acceptors (Lipinski definition) is 11. The Hall–Kier alpha value is -1.37. The summed E-state index contributed by atoms with van der Waals surface area (Å²) in [5.41, 5.74) is -0.509. The number of ether oxygens (including phenoxy) is 1.